The maximum Gasteiger partial charge on any atom is 1.00 e. The van der Waals surface area contributed by atoms with Gasteiger partial charge in [0.15, 0.2) is 5.97 Å². The molecule has 0 aromatic carbocycles. The van der Waals surface area contributed by atoms with Gasteiger partial charge < -0.3 is 9.90 Å². The van der Waals surface area contributed by atoms with Crippen molar-refractivity contribution in [2.75, 3.05) is 0 Å². The molecule has 0 radical (unpaired) electrons. The summed E-state index contributed by atoms with van der Waals surface area (Å²) >= 11 is 0. The predicted molar refractivity (Wildman–Crippen MR) is 25.7 cm³/mol. The van der Waals surface area contributed by atoms with Gasteiger partial charge in [0.05, 0.1) is 0 Å². The molecule has 0 saturated carbocycles. The summed E-state index contributed by atoms with van der Waals surface area (Å²) in [7, 11) is 0. The van der Waals surface area contributed by atoms with E-state index in [4.69, 9.17) is 5.11 Å². The van der Waals surface area contributed by atoms with Crippen molar-refractivity contribution < 1.29 is 32.3 Å². The Kier molecular flexibility index (Phi) is 6.91. The topological polar surface area (TPSA) is 37.3 Å². The molecule has 3 heteroatoms. The Labute approximate surface area is 64.1 Å². The van der Waals surface area contributed by atoms with Crippen molar-refractivity contribution in [3.63, 3.8) is 0 Å². The predicted octanol–water partition coefficient (Wildman–Crippen LogP) is 0.838. The third-order valence-electron chi connectivity index (χ3n) is 0.696. The van der Waals surface area contributed by atoms with Crippen LogP contribution in [0.15, 0.2) is 5.57 Å². The van der Waals surface area contributed by atoms with Crippen molar-refractivity contribution in [3.8, 4) is 0 Å². The number of hydrogen-bond donors (Lipinski definition) is 1. The summed E-state index contributed by atoms with van der Waals surface area (Å²) in [4.78, 5) is 9.83. The third kappa shape index (κ3) is 4.12. The van der Waals surface area contributed by atoms with Gasteiger partial charge in [0.1, 0.15) is 0 Å². The molecule has 1 N–H and O–H groups in total. The van der Waals surface area contributed by atoms with E-state index in [1.165, 1.54) is 6.92 Å². The molecule has 0 aromatic heterocycles. The first-order chi connectivity index (χ1) is 3.18. The van der Waals surface area contributed by atoms with E-state index in [-0.39, 0.29) is 28.0 Å². The molecule has 0 bridgehead atoms. The summed E-state index contributed by atoms with van der Waals surface area (Å²) in [5.74, 6) is -0.900. The number of hydrogen-bond acceptors (Lipinski definition) is 1. The Morgan fingerprint density at radius 3 is 2.00 bits per heavy atom. The Bertz CT molecular complexity index is 107. The van der Waals surface area contributed by atoms with Crippen LogP contribution in [0, 0.1) is 6.08 Å². The van der Waals surface area contributed by atoms with Crippen LogP contribution in [-0.4, -0.2) is 11.1 Å². The summed E-state index contributed by atoms with van der Waals surface area (Å²) < 4.78 is 0. The summed E-state index contributed by atoms with van der Waals surface area (Å²) in [5, 5.41) is 8.08. The monoisotopic (exact) mass is 206 g/mol. The van der Waals surface area contributed by atoms with E-state index in [1.54, 1.807) is 6.92 Å². The van der Waals surface area contributed by atoms with Gasteiger partial charge >= 0.3 is 22.4 Å². The minimum absolute atomic E-state index is 0. The molecule has 0 rings (SSSR count). The second-order valence-electron chi connectivity index (χ2n) is 1.18. The molecular weight excluding hydrogens is 200 g/mol. The van der Waals surface area contributed by atoms with Gasteiger partial charge in [0.25, 0.3) is 0 Å². The van der Waals surface area contributed by atoms with Crippen molar-refractivity contribution in [2.24, 2.45) is 0 Å². The van der Waals surface area contributed by atoms with Gasteiger partial charge in [-0.15, -0.1) is 12.5 Å². The van der Waals surface area contributed by atoms with Crippen molar-refractivity contribution in [1.29, 1.82) is 0 Å². The van der Waals surface area contributed by atoms with Gasteiger partial charge in [-0.3, -0.25) is 6.08 Å². The largest absolute Gasteiger partial charge is 1.00 e. The fourth-order valence-corrected chi connectivity index (χ4v) is 0.107. The van der Waals surface area contributed by atoms with Crippen LogP contribution in [0.4, 0.5) is 0 Å². The van der Waals surface area contributed by atoms with E-state index in [0.29, 0.717) is 0 Å². The van der Waals surface area contributed by atoms with Crippen LogP contribution in [0.3, 0.4) is 0 Å². The number of allylic oxidation sites excluding steroid dienone is 1. The maximum atomic E-state index is 9.83. The zero-order chi connectivity index (χ0) is 5.86. The first kappa shape index (κ1) is 10.8. The van der Waals surface area contributed by atoms with Crippen LogP contribution in [0.2, 0.25) is 0 Å². The van der Waals surface area contributed by atoms with Crippen LogP contribution in [-0.2, 0) is 27.2 Å². The van der Waals surface area contributed by atoms with E-state index >= 15 is 0 Å². The zero-order valence-electron chi connectivity index (χ0n) is 4.66. The van der Waals surface area contributed by atoms with Crippen molar-refractivity contribution in [2.45, 2.75) is 13.8 Å². The Balaban J connectivity index is 0. The number of aliphatic carboxylic acids is 1. The third-order valence-corrected chi connectivity index (χ3v) is 0.696. The van der Waals surface area contributed by atoms with Crippen molar-refractivity contribution in [1.82, 2.24) is 0 Å². The summed E-state index contributed by atoms with van der Waals surface area (Å²) in [6.07, 6.45) is 2.48. The maximum absolute atomic E-state index is 9.83. The van der Waals surface area contributed by atoms with E-state index in [9.17, 15) is 4.79 Å². The molecule has 50 valence electrons. The first-order valence-electron chi connectivity index (χ1n) is 1.93. The van der Waals surface area contributed by atoms with Crippen molar-refractivity contribution >= 4 is 5.97 Å². The fourth-order valence-electron chi connectivity index (χ4n) is 0.107. The quantitative estimate of drug-likeness (QED) is 0.393. The SMILES string of the molecule is C[C-]=C(C)C(=O)O.[Ag+]. The Hall–Kier alpha value is -0.0497. The fraction of sp³-hybridized carbons (Fsp3) is 0.400. The number of rotatable bonds is 1. The molecule has 0 spiro atoms. The molecule has 0 atom stereocenters. The molecule has 0 fully saturated rings. The summed E-state index contributed by atoms with van der Waals surface area (Å²) in [5.41, 5.74) is 0.264. The molecular formula is C5H7AgO2. The average molecular weight is 207 g/mol. The molecule has 0 aromatic rings. The Morgan fingerprint density at radius 1 is 1.62 bits per heavy atom. The van der Waals surface area contributed by atoms with Gasteiger partial charge in [0.2, 0.25) is 0 Å². The van der Waals surface area contributed by atoms with E-state index < -0.39 is 5.97 Å². The van der Waals surface area contributed by atoms with Gasteiger partial charge in [-0.25, -0.2) is 0 Å². The van der Waals surface area contributed by atoms with Crippen molar-refractivity contribution in [3.05, 3.63) is 11.6 Å². The minimum atomic E-state index is -0.900. The van der Waals surface area contributed by atoms with E-state index in [0.717, 1.165) is 0 Å². The average Bonchev–Trinajstić information content (AvgIpc) is 1.65. The number of carbonyl (C=O) groups is 1. The standard InChI is InChI=1S/C5H7O2.Ag/c1-3-4(2)5(6)7;/h1-2H3,(H,6,7);/q-1;+1. The molecule has 0 aliphatic rings. The normalized spacial score (nSPS) is 10.0. The second kappa shape index (κ2) is 5.09. The molecule has 0 unspecified atom stereocenters. The number of carboxylic acids is 1. The zero-order valence-corrected chi connectivity index (χ0v) is 6.14. The second-order valence-corrected chi connectivity index (χ2v) is 1.18. The summed E-state index contributed by atoms with van der Waals surface area (Å²) in [6, 6.07) is 0. The minimum Gasteiger partial charge on any atom is -0.562 e. The molecule has 0 amide bonds. The molecule has 0 heterocycles. The van der Waals surface area contributed by atoms with Crippen LogP contribution in [0.25, 0.3) is 0 Å². The van der Waals surface area contributed by atoms with E-state index in [2.05, 4.69) is 6.08 Å². The molecule has 0 aliphatic carbocycles. The summed E-state index contributed by atoms with van der Waals surface area (Å²) in [6.45, 7) is 3.08. The molecule has 2 nitrogen and oxygen atoms in total. The van der Waals surface area contributed by atoms with Gasteiger partial charge in [0, 0.05) is 0 Å². The van der Waals surface area contributed by atoms with Crippen LogP contribution in [0.5, 0.6) is 0 Å². The molecule has 0 aliphatic heterocycles. The number of carboxylic acid groups (broad SMARTS) is 1. The smallest absolute Gasteiger partial charge is 0.562 e. The Morgan fingerprint density at radius 2 is 2.00 bits per heavy atom. The van der Waals surface area contributed by atoms with E-state index in [1.807, 2.05) is 0 Å². The van der Waals surface area contributed by atoms with Crippen LogP contribution >= 0.6 is 0 Å². The van der Waals surface area contributed by atoms with Crippen LogP contribution in [0.1, 0.15) is 13.8 Å². The van der Waals surface area contributed by atoms with Gasteiger partial charge in [-0.1, -0.05) is 6.92 Å². The van der Waals surface area contributed by atoms with Gasteiger partial charge in [-0.05, 0) is 0 Å². The van der Waals surface area contributed by atoms with Gasteiger partial charge in [-0.2, -0.15) is 0 Å². The first-order valence-corrected chi connectivity index (χ1v) is 1.93. The van der Waals surface area contributed by atoms with Crippen LogP contribution < -0.4 is 0 Å². The molecule has 8 heavy (non-hydrogen) atoms. The molecule has 0 saturated heterocycles.